The van der Waals surface area contributed by atoms with E-state index in [9.17, 15) is 4.79 Å². The van der Waals surface area contributed by atoms with Gasteiger partial charge in [0.15, 0.2) is 5.78 Å². The van der Waals surface area contributed by atoms with Gasteiger partial charge in [0.25, 0.3) is 0 Å². The maximum absolute atomic E-state index is 10.3. The van der Waals surface area contributed by atoms with Crippen LogP contribution in [0.25, 0.3) is 0 Å². The van der Waals surface area contributed by atoms with Gasteiger partial charge in [-0.2, -0.15) is 0 Å². The molecule has 0 unspecified atom stereocenters. The summed E-state index contributed by atoms with van der Waals surface area (Å²) in [6.45, 7) is 3.36. The number of halogens is 1. The molecule has 0 fully saturated rings. The summed E-state index contributed by atoms with van der Waals surface area (Å²) in [5, 5.41) is 0. The van der Waals surface area contributed by atoms with Gasteiger partial charge in [-0.25, -0.2) is 0 Å². The van der Waals surface area contributed by atoms with Crippen LogP contribution in [0, 0.1) is 0 Å². The highest BCUT2D eigenvalue weighted by molar-refractivity contribution is 14.1. The van der Waals surface area contributed by atoms with Crippen LogP contribution in [0.2, 0.25) is 0 Å². The average molecular weight is 210 g/mol. The molecule has 0 aliphatic carbocycles. The van der Waals surface area contributed by atoms with Gasteiger partial charge in [-0.3, -0.25) is 4.79 Å². The van der Waals surface area contributed by atoms with Crippen molar-refractivity contribution >= 4 is 28.4 Å². The standard InChI is InChI=1S/C5H7IO/c1-4(3-6)5(2)7/h3H,1-2H3/b4-3+. The summed E-state index contributed by atoms with van der Waals surface area (Å²) in [5.74, 6) is 0.148. The SMILES string of the molecule is CC(=O)/C(C)=C/I. The molecule has 0 aromatic heterocycles. The van der Waals surface area contributed by atoms with Crippen molar-refractivity contribution in [2.75, 3.05) is 0 Å². The number of carbonyl (C=O) groups is 1. The first kappa shape index (κ1) is 7.14. The maximum Gasteiger partial charge on any atom is 0.155 e. The van der Waals surface area contributed by atoms with Crippen molar-refractivity contribution in [2.24, 2.45) is 0 Å². The van der Waals surface area contributed by atoms with Gasteiger partial charge >= 0.3 is 0 Å². The van der Waals surface area contributed by atoms with Gasteiger partial charge < -0.3 is 0 Å². The van der Waals surface area contributed by atoms with Crippen molar-refractivity contribution in [3.05, 3.63) is 9.66 Å². The lowest BCUT2D eigenvalue weighted by molar-refractivity contribution is -0.113. The lowest BCUT2D eigenvalue weighted by atomic mass is 10.3. The molecule has 0 saturated heterocycles. The van der Waals surface area contributed by atoms with Crippen LogP contribution in [-0.2, 0) is 4.79 Å². The highest BCUT2D eigenvalue weighted by Crippen LogP contribution is 1.97. The number of hydrogen-bond donors (Lipinski definition) is 0. The topological polar surface area (TPSA) is 17.1 Å². The molecule has 0 rings (SSSR count). The van der Waals surface area contributed by atoms with E-state index in [1.165, 1.54) is 0 Å². The maximum atomic E-state index is 10.3. The molecule has 0 aliphatic rings. The third-order valence-electron chi connectivity index (χ3n) is 0.719. The molecule has 0 radical (unpaired) electrons. The van der Waals surface area contributed by atoms with Crippen LogP contribution in [0.4, 0.5) is 0 Å². The Labute approximate surface area is 56.9 Å². The predicted octanol–water partition coefficient (Wildman–Crippen LogP) is 1.91. The minimum atomic E-state index is 0.148. The van der Waals surface area contributed by atoms with E-state index in [1.54, 1.807) is 17.9 Å². The summed E-state index contributed by atoms with van der Waals surface area (Å²) >= 11 is 2.05. The third-order valence-corrected chi connectivity index (χ3v) is 1.65. The quantitative estimate of drug-likeness (QED) is 0.477. The molecule has 0 atom stereocenters. The number of Topliss-reactive ketones (excluding diaryl/α,β-unsaturated/α-hetero) is 1. The zero-order valence-corrected chi connectivity index (χ0v) is 6.52. The van der Waals surface area contributed by atoms with Gasteiger partial charge in [0.1, 0.15) is 0 Å². The Morgan fingerprint density at radius 1 is 1.57 bits per heavy atom. The number of ketones is 1. The first-order chi connectivity index (χ1) is 3.18. The Kier molecular flexibility index (Phi) is 3.25. The monoisotopic (exact) mass is 210 g/mol. The minimum absolute atomic E-state index is 0.148. The van der Waals surface area contributed by atoms with Crippen molar-refractivity contribution in [1.82, 2.24) is 0 Å². The zero-order chi connectivity index (χ0) is 5.86. The van der Waals surface area contributed by atoms with E-state index in [2.05, 4.69) is 0 Å². The molecule has 7 heavy (non-hydrogen) atoms. The van der Waals surface area contributed by atoms with Crippen LogP contribution in [-0.4, -0.2) is 5.78 Å². The van der Waals surface area contributed by atoms with E-state index in [4.69, 9.17) is 0 Å². The van der Waals surface area contributed by atoms with Gasteiger partial charge in [0.05, 0.1) is 0 Å². The number of rotatable bonds is 1. The summed E-state index contributed by atoms with van der Waals surface area (Å²) in [5.41, 5.74) is 0.820. The van der Waals surface area contributed by atoms with Crippen LogP contribution in [0.5, 0.6) is 0 Å². The number of carbonyl (C=O) groups excluding carboxylic acids is 1. The van der Waals surface area contributed by atoms with E-state index >= 15 is 0 Å². The Morgan fingerprint density at radius 2 is 2.00 bits per heavy atom. The second-order valence-corrected chi connectivity index (χ2v) is 1.97. The molecule has 0 aromatic rings. The summed E-state index contributed by atoms with van der Waals surface area (Å²) in [7, 11) is 0. The Bertz CT molecular complexity index is 105. The van der Waals surface area contributed by atoms with Crippen molar-refractivity contribution < 1.29 is 4.79 Å². The number of allylic oxidation sites excluding steroid dienone is 1. The van der Waals surface area contributed by atoms with E-state index in [0.29, 0.717) is 0 Å². The fraction of sp³-hybridized carbons (Fsp3) is 0.400. The molecule has 0 aromatic carbocycles. The van der Waals surface area contributed by atoms with Gasteiger partial charge in [0, 0.05) is 0 Å². The minimum Gasteiger partial charge on any atom is -0.295 e. The first-order valence-corrected chi connectivity index (χ1v) is 3.21. The highest BCUT2D eigenvalue weighted by atomic mass is 127. The molecule has 0 N–H and O–H groups in total. The molecule has 1 nitrogen and oxygen atoms in total. The Morgan fingerprint density at radius 3 is 2.00 bits per heavy atom. The molecular formula is C5H7IO. The highest BCUT2D eigenvalue weighted by Gasteiger charge is 1.90. The van der Waals surface area contributed by atoms with Gasteiger partial charge in [-0.05, 0) is 23.5 Å². The fourth-order valence-corrected chi connectivity index (χ4v) is 0.515. The molecule has 0 bridgehead atoms. The zero-order valence-electron chi connectivity index (χ0n) is 4.36. The van der Waals surface area contributed by atoms with E-state index in [0.717, 1.165) is 5.57 Å². The Hall–Kier alpha value is 0.140. The van der Waals surface area contributed by atoms with Crippen molar-refractivity contribution in [3.63, 3.8) is 0 Å². The summed E-state index contributed by atoms with van der Waals surface area (Å²) in [4.78, 5) is 10.3. The molecule has 40 valence electrons. The van der Waals surface area contributed by atoms with E-state index in [-0.39, 0.29) is 5.78 Å². The van der Waals surface area contributed by atoms with E-state index < -0.39 is 0 Å². The van der Waals surface area contributed by atoms with Gasteiger partial charge in [-0.15, -0.1) is 0 Å². The average Bonchev–Trinajstić information content (AvgIpc) is 1.65. The first-order valence-electron chi connectivity index (χ1n) is 1.96. The molecule has 0 aliphatic heterocycles. The van der Waals surface area contributed by atoms with Crippen molar-refractivity contribution in [3.8, 4) is 0 Å². The van der Waals surface area contributed by atoms with Crippen LogP contribution in [0.1, 0.15) is 13.8 Å². The fourth-order valence-electron chi connectivity index (χ4n) is 0.0768. The van der Waals surface area contributed by atoms with Gasteiger partial charge in [0.2, 0.25) is 0 Å². The molecule has 0 spiro atoms. The van der Waals surface area contributed by atoms with Gasteiger partial charge in [-0.1, -0.05) is 22.6 Å². The predicted molar refractivity (Wildman–Crippen MR) is 38.5 cm³/mol. The normalized spacial score (nSPS) is 11.6. The van der Waals surface area contributed by atoms with Crippen molar-refractivity contribution in [2.45, 2.75) is 13.8 Å². The molecule has 0 heterocycles. The summed E-state index contributed by atoms with van der Waals surface area (Å²) in [6, 6.07) is 0. The Balaban J connectivity index is 3.82. The van der Waals surface area contributed by atoms with Crippen LogP contribution in [0.3, 0.4) is 0 Å². The number of hydrogen-bond acceptors (Lipinski definition) is 1. The molecule has 0 amide bonds. The molecular weight excluding hydrogens is 203 g/mol. The molecule has 0 saturated carbocycles. The van der Waals surface area contributed by atoms with Crippen LogP contribution < -0.4 is 0 Å². The van der Waals surface area contributed by atoms with Crippen LogP contribution in [0.15, 0.2) is 9.66 Å². The lowest BCUT2D eigenvalue weighted by Gasteiger charge is -1.84. The smallest absolute Gasteiger partial charge is 0.155 e. The third kappa shape index (κ3) is 2.79. The summed E-state index contributed by atoms with van der Waals surface area (Å²) < 4.78 is 1.78. The molecule has 2 heteroatoms. The van der Waals surface area contributed by atoms with E-state index in [1.807, 2.05) is 22.6 Å². The largest absolute Gasteiger partial charge is 0.295 e. The van der Waals surface area contributed by atoms with Crippen molar-refractivity contribution in [1.29, 1.82) is 0 Å². The summed E-state index contributed by atoms with van der Waals surface area (Å²) in [6.07, 6.45) is 0. The second-order valence-electron chi connectivity index (χ2n) is 1.35. The lowest BCUT2D eigenvalue weighted by Crippen LogP contribution is -1.87. The van der Waals surface area contributed by atoms with Crippen LogP contribution >= 0.6 is 22.6 Å². The second kappa shape index (κ2) is 3.18.